The Kier molecular flexibility index (Phi) is 18.2. The van der Waals surface area contributed by atoms with Crippen LogP contribution in [0, 0.1) is 5.82 Å². The van der Waals surface area contributed by atoms with Crippen molar-refractivity contribution >= 4 is 7.32 Å². The molecular formula is C30H56BFNO3+. The van der Waals surface area contributed by atoms with Crippen molar-refractivity contribution in [3.8, 4) is 5.75 Å². The maximum absolute atomic E-state index is 15.6. The number of hydrogen-bond donors (Lipinski definition) is 0. The summed E-state index contributed by atoms with van der Waals surface area (Å²) in [5.41, 5.74) is 0.685. The zero-order valence-corrected chi connectivity index (χ0v) is 24.5. The van der Waals surface area contributed by atoms with Gasteiger partial charge in [-0.15, -0.1) is 0 Å². The minimum atomic E-state index is -0.809. The van der Waals surface area contributed by atoms with Crippen LogP contribution in [0.25, 0.3) is 0 Å². The predicted octanol–water partition coefficient (Wildman–Crippen LogP) is 8.88. The van der Waals surface area contributed by atoms with Crippen molar-refractivity contribution in [1.29, 1.82) is 0 Å². The molecule has 0 saturated heterocycles. The first-order valence-electron chi connectivity index (χ1n) is 15.1. The molecule has 1 aromatic rings. The second-order valence-electron chi connectivity index (χ2n) is 10.2. The number of rotatable bonds is 23. The Morgan fingerprint density at radius 2 is 1.25 bits per heavy atom. The minimum Gasteiger partial charge on any atom is -0.511 e. The summed E-state index contributed by atoms with van der Waals surface area (Å²) in [6.45, 7) is 17.6. The fourth-order valence-electron chi connectivity index (χ4n) is 5.58. The first kappa shape index (κ1) is 32.9. The van der Waals surface area contributed by atoms with Gasteiger partial charge in [0.2, 0.25) is 0 Å². The van der Waals surface area contributed by atoms with E-state index in [1.165, 1.54) is 25.7 Å². The van der Waals surface area contributed by atoms with Gasteiger partial charge in [-0.3, -0.25) is 0 Å². The van der Waals surface area contributed by atoms with Crippen LogP contribution in [0.2, 0.25) is 0 Å². The molecule has 1 unspecified atom stereocenters. The van der Waals surface area contributed by atoms with E-state index in [0.29, 0.717) is 24.5 Å². The highest BCUT2D eigenvalue weighted by Gasteiger charge is 2.39. The van der Waals surface area contributed by atoms with E-state index >= 15 is 4.39 Å². The average molecular weight is 509 g/mol. The molecule has 6 heteroatoms. The van der Waals surface area contributed by atoms with Crippen molar-refractivity contribution in [3.63, 3.8) is 0 Å². The van der Waals surface area contributed by atoms with Crippen molar-refractivity contribution in [2.75, 3.05) is 32.8 Å². The highest BCUT2D eigenvalue weighted by Crippen LogP contribution is 2.40. The van der Waals surface area contributed by atoms with Crippen molar-refractivity contribution in [1.82, 2.24) is 0 Å². The van der Waals surface area contributed by atoms with Crippen LogP contribution in [0.1, 0.15) is 130 Å². The summed E-state index contributed by atoms with van der Waals surface area (Å²) in [6.07, 6.45) is 13.1. The van der Waals surface area contributed by atoms with Gasteiger partial charge in [-0.2, -0.15) is 0 Å². The van der Waals surface area contributed by atoms with Crippen LogP contribution in [0.4, 0.5) is 4.39 Å². The molecule has 0 aliphatic rings. The van der Waals surface area contributed by atoms with Crippen LogP contribution in [0.5, 0.6) is 5.75 Å². The number of quaternary nitrogens is 1. The van der Waals surface area contributed by atoms with E-state index in [-0.39, 0.29) is 11.9 Å². The van der Waals surface area contributed by atoms with Gasteiger partial charge in [-0.1, -0.05) is 86.1 Å². The number of unbranched alkanes of at least 4 members (excludes halogenated alkanes) is 6. The van der Waals surface area contributed by atoms with E-state index in [1.807, 2.05) is 6.07 Å². The number of nitrogens with zero attached hydrogens (tertiary/aromatic N) is 1. The molecule has 208 valence electrons. The van der Waals surface area contributed by atoms with Crippen LogP contribution >= 0.6 is 0 Å². The fourth-order valence-corrected chi connectivity index (χ4v) is 5.58. The fraction of sp³-hybridized carbons (Fsp3) is 0.800. The molecule has 0 amide bonds. The summed E-state index contributed by atoms with van der Waals surface area (Å²) in [7, 11) is -0.809. The highest BCUT2D eigenvalue weighted by atomic mass is 19.1. The molecule has 0 fully saturated rings. The largest absolute Gasteiger partial charge is 0.713 e. The van der Waals surface area contributed by atoms with Crippen LogP contribution in [0.3, 0.4) is 0 Å². The van der Waals surface area contributed by atoms with Crippen molar-refractivity contribution in [3.05, 3.63) is 29.6 Å². The SMILES string of the molecule is CCCCCCOB(OCCCCCC)Oc1cccc(F)c1C(CC)[N+](CCC)(CCC)CCC. The number of halogens is 1. The summed E-state index contributed by atoms with van der Waals surface area (Å²) in [5, 5.41) is 0. The molecule has 0 aromatic heterocycles. The summed E-state index contributed by atoms with van der Waals surface area (Å²) >= 11 is 0. The first-order valence-corrected chi connectivity index (χ1v) is 15.1. The Hall–Kier alpha value is -1.11. The van der Waals surface area contributed by atoms with E-state index in [0.717, 1.165) is 75.5 Å². The normalized spacial score (nSPS) is 12.6. The highest BCUT2D eigenvalue weighted by molar-refractivity contribution is 6.37. The van der Waals surface area contributed by atoms with Gasteiger partial charge in [0.25, 0.3) is 0 Å². The second kappa shape index (κ2) is 19.9. The molecule has 0 aliphatic heterocycles. The minimum absolute atomic E-state index is 0.0378. The van der Waals surface area contributed by atoms with Crippen molar-refractivity contribution in [2.24, 2.45) is 0 Å². The number of benzene rings is 1. The Morgan fingerprint density at radius 3 is 1.69 bits per heavy atom. The van der Waals surface area contributed by atoms with Gasteiger partial charge in [0.05, 0.1) is 25.2 Å². The molecule has 0 saturated carbocycles. The molecule has 0 aliphatic carbocycles. The lowest BCUT2D eigenvalue weighted by Crippen LogP contribution is -2.52. The van der Waals surface area contributed by atoms with Crippen molar-refractivity contribution < 1.29 is 22.8 Å². The molecule has 4 nitrogen and oxygen atoms in total. The quantitative estimate of drug-likeness (QED) is 0.0839. The topological polar surface area (TPSA) is 27.7 Å². The van der Waals surface area contributed by atoms with Gasteiger partial charge < -0.3 is 18.4 Å². The lowest BCUT2D eigenvalue weighted by molar-refractivity contribution is -0.957. The smallest absolute Gasteiger partial charge is 0.511 e. The molecule has 1 rings (SSSR count). The third-order valence-electron chi connectivity index (χ3n) is 7.13. The lowest BCUT2D eigenvalue weighted by Gasteiger charge is -2.45. The Morgan fingerprint density at radius 1 is 0.722 bits per heavy atom. The third-order valence-corrected chi connectivity index (χ3v) is 7.13. The van der Waals surface area contributed by atoms with E-state index < -0.39 is 7.32 Å². The molecule has 0 N–H and O–H groups in total. The van der Waals surface area contributed by atoms with E-state index in [9.17, 15) is 0 Å². The van der Waals surface area contributed by atoms with Gasteiger partial charge >= 0.3 is 7.32 Å². The molecule has 0 spiro atoms. The molecule has 1 aromatic carbocycles. The summed E-state index contributed by atoms with van der Waals surface area (Å²) in [5.74, 6) is 0.384. The molecule has 0 bridgehead atoms. The number of hydrogen-bond acceptors (Lipinski definition) is 3. The van der Waals surface area contributed by atoms with Crippen LogP contribution in [0.15, 0.2) is 18.2 Å². The lowest BCUT2D eigenvalue weighted by atomic mass is 9.96. The Balaban J connectivity index is 3.21. The van der Waals surface area contributed by atoms with E-state index in [2.05, 4.69) is 41.5 Å². The average Bonchev–Trinajstić information content (AvgIpc) is 2.86. The summed E-state index contributed by atoms with van der Waals surface area (Å²) < 4.78 is 35.0. The predicted molar refractivity (Wildman–Crippen MR) is 152 cm³/mol. The zero-order chi connectivity index (χ0) is 26.7. The second-order valence-corrected chi connectivity index (χ2v) is 10.2. The summed E-state index contributed by atoms with van der Waals surface area (Å²) in [4.78, 5) is 0. The van der Waals surface area contributed by atoms with Gasteiger partial charge in [0.1, 0.15) is 17.6 Å². The van der Waals surface area contributed by atoms with Gasteiger partial charge in [0.15, 0.2) is 0 Å². The molecule has 0 heterocycles. The maximum Gasteiger partial charge on any atom is 0.713 e. The van der Waals surface area contributed by atoms with Crippen molar-refractivity contribution in [2.45, 2.75) is 125 Å². The molecule has 36 heavy (non-hydrogen) atoms. The Labute approximate surface area is 223 Å². The molecule has 0 radical (unpaired) electrons. The maximum atomic E-state index is 15.6. The van der Waals surface area contributed by atoms with Gasteiger partial charge in [0, 0.05) is 19.6 Å². The summed E-state index contributed by atoms with van der Waals surface area (Å²) in [6, 6.07) is 5.26. The first-order chi connectivity index (χ1) is 17.5. The standard InChI is InChI=1S/C30H56BFNO3/c1-7-13-15-17-25-34-31(35-26-18-16-14-8-2)36-29-21-19-20-27(32)30(29)28(12-6)33(22-9-3,23-10-4)24-11-5/h19-21,28H,7-18,22-26H2,1-6H3/q+1. The Bertz CT molecular complexity index is 645. The van der Waals surface area contributed by atoms with Gasteiger partial charge in [-0.25, -0.2) is 4.39 Å². The van der Waals surface area contributed by atoms with E-state index in [4.69, 9.17) is 14.0 Å². The van der Waals surface area contributed by atoms with Crippen LogP contribution in [-0.2, 0) is 9.31 Å². The van der Waals surface area contributed by atoms with E-state index in [1.54, 1.807) is 12.1 Å². The zero-order valence-electron chi connectivity index (χ0n) is 24.5. The van der Waals surface area contributed by atoms with Crippen LogP contribution in [-0.4, -0.2) is 44.7 Å². The third kappa shape index (κ3) is 11.1. The van der Waals surface area contributed by atoms with Crippen LogP contribution < -0.4 is 4.65 Å². The van der Waals surface area contributed by atoms with Gasteiger partial charge in [-0.05, 0) is 44.2 Å². The molecular weight excluding hydrogens is 452 g/mol. The molecule has 1 atom stereocenters. The monoisotopic (exact) mass is 508 g/mol.